The predicted molar refractivity (Wildman–Crippen MR) is 47.7 cm³/mol. The Morgan fingerprint density at radius 3 is 1.69 bits per heavy atom. The van der Waals surface area contributed by atoms with Crippen LogP contribution >= 0.6 is 0 Å². The summed E-state index contributed by atoms with van der Waals surface area (Å²) in [6.07, 6.45) is -4.00. The Balaban J connectivity index is 0.000000252. The van der Waals surface area contributed by atoms with Crippen LogP contribution in [0.1, 0.15) is 6.92 Å². The van der Waals surface area contributed by atoms with Gasteiger partial charge < -0.3 is 5.32 Å². The van der Waals surface area contributed by atoms with Crippen molar-refractivity contribution in [1.82, 2.24) is 0 Å². The van der Waals surface area contributed by atoms with Gasteiger partial charge in [0.05, 0.1) is 0 Å². The van der Waals surface area contributed by atoms with Crippen LogP contribution in [0.15, 0.2) is 30.3 Å². The van der Waals surface area contributed by atoms with Crippen LogP contribution in [0.25, 0.3) is 0 Å². The summed E-state index contributed by atoms with van der Waals surface area (Å²) >= 11 is 0. The van der Waals surface area contributed by atoms with Crippen molar-refractivity contribution >= 4 is 5.69 Å². The molecule has 1 aromatic carbocycles. The molecular weight excluding hydrogens is 179 g/mol. The smallest absolute Gasteiger partial charge is 0.386 e. The maximum Gasteiger partial charge on any atom is 0.386 e. The first kappa shape index (κ1) is 11.8. The fourth-order valence-corrected chi connectivity index (χ4v) is 0.605. The zero-order valence-electron chi connectivity index (χ0n) is 7.52. The number of hydrogen-bond acceptors (Lipinski definition) is 1. The second-order valence-corrected chi connectivity index (χ2v) is 2.40. The van der Waals surface area contributed by atoms with Crippen molar-refractivity contribution < 1.29 is 13.2 Å². The molecule has 0 fully saturated rings. The molecule has 0 aliphatic rings. The van der Waals surface area contributed by atoms with Crippen LogP contribution in [0, 0.1) is 0 Å². The molecule has 0 heterocycles. The lowest BCUT2D eigenvalue weighted by Crippen LogP contribution is -1.95. The van der Waals surface area contributed by atoms with Crippen LogP contribution in [0.4, 0.5) is 18.9 Å². The molecule has 0 unspecified atom stereocenters. The van der Waals surface area contributed by atoms with E-state index in [9.17, 15) is 13.2 Å². The molecule has 0 aliphatic heterocycles. The topological polar surface area (TPSA) is 12.0 Å². The summed E-state index contributed by atoms with van der Waals surface area (Å²) in [5.41, 5.74) is 1.16. The summed E-state index contributed by atoms with van der Waals surface area (Å²) < 4.78 is 31.1. The fourth-order valence-electron chi connectivity index (χ4n) is 0.605. The SMILES string of the molecule is CC(F)(F)F.CNc1ccccc1. The molecule has 0 atom stereocenters. The third-order valence-electron chi connectivity index (χ3n) is 1.06. The summed E-state index contributed by atoms with van der Waals surface area (Å²) in [7, 11) is 1.91. The average Bonchev–Trinajstić information content (AvgIpc) is 2.03. The second-order valence-electron chi connectivity index (χ2n) is 2.40. The Kier molecular flexibility index (Phi) is 4.96. The molecule has 0 radical (unpaired) electrons. The van der Waals surface area contributed by atoms with E-state index in [4.69, 9.17) is 0 Å². The van der Waals surface area contributed by atoms with E-state index in [-0.39, 0.29) is 6.92 Å². The zero-order valence-corrected chi connectivity index (χ0v) is 7.52. The van der Waals surface area contributed by atoms with Gasteiger partial charge in [0.25, 0.3) is 0 Å². The van der Waals surface area contributed by atoms with Gasteiger partial charge in [0.2, 0.25) is 0 Å². The highest BCUT2D eigenvalue weighted by Crippen LogP contribution is 2.10. The van der Waals surface area contributed by atoms with Crippen molar-refractivity contribution in [2.75, 3.05) is 12.4 Å². The first-order valence-electron chi connectivity index (χ1n) is 3.73. The highest BCUT2D eigenvalue weighted by molar-refractivity contribution is 5.41. The third kappa shape index (κ3) is 10.8. The Bertz CT molecular complexity index is 212. The van der Waals surface area contributed by atoms with Crippen molar-refractivity contribution in [3.05, 3.63) is 30.3 Å². The number of anilines is 1. The maximum atomic E-state index is 10.4. The first-order valence-corrected chi connectivity index (χ1v) is 3.73. The van der Waals surface area contributed by atoms with Gasteiger partial charge in [-0.3, -0.25) is 0 Å². The molecule has 1 rings (SSSR count). The van der Waals surface area contributed by atoms with Crippen molar-refractivity contribution in [1.29, 1.82) is 0 Å². The normalized spacial score (nSPS) is 9.92. The van der Waals surface area contributed by atoms with Crippen LogP contribution in [0.2, 0.25) is 0 Å². The summed E-state index contributed by atoms with van der Waals surface area (Å²) in [4.78, 5) is 0. The van der Waals surface area contributed by atoms with Gasteiger partial charge in [0.1, 0.15) is 0 Å². The summed E-state index contributed by atoms with van der Waals surface area (Å²) in [6, 6.07) is 10.1. The number of benzene rings is 1. The number of hydrogen-bond donors (Lipinski definition) is 1. The Morgan fingerprint density at radius 1 is 1.08 bits per heavy atom. The number of rotatable bonds is 1. The predicted octanol–water partition coefficient (Wildman–Crippen LogP) is 3.30. The van der Waals surface area contributed by atoms with E-state index in [0.717, 1.165) is 5.69 Å². The molecular formula is C9H12F3N. The second kappa shape index (κ2) is 5.45. The molecule has 0 aliphatic carbocycles. The lowest BCUT2D eigenvalue weighted by Gasteiger charge is -1.94. The molecule has 0 spiro atoms. The van der Waals surface area contributed by atoms with Crippen LogP contribution < -0.4 is 5.32 Å². The fraction of sp³-hybridized carbons (Fsp3) is 0.333. The highest BCUT2D eigenvalue weighted by Gasteiger charge is 2.15. The highest BCUT2D eigenvalue weighted by atomic mass is 19.4. The summed E-state index contributed by atoms with van der Waals surface area (Å²) in [6.45, 7) is 0.188. The van der Waals surface area contributed by atoms with Crippen LogP contribution in [0.3, 0.4) is 0 Å². The third-order valence-corrected chi connectivity index (χ3v) is 1.06. The van der Waals surface area contributed by atoms with Crippen LogP contribution in [0.5, 0.6) is 0 Å². The number of halogens is 3. The van der Waals surface area contributed by atoms with Gasteiger partial charge in [-0.15, -0.1) is 0 Å². The summed E-state index contributed by atoms with van der Waals surface area (Å²) in [5, 5.41) is 3.03. The Morgan fingerprint density at radius 2 is 1.46 bits per heavy atom. The zero-order chi connectivity index (χ0) is 10.3. The summed E-state index contributed by atoms with van der Waals surface area (Å²) in [5.74, 6) is 0. The largest absolute Gasteiger partial charge is 0.388 e. The standard InChI is InChI=1S/C7H9N.C2H3F3/c1-8-7-5-3-2-4-6-7;1-2(3,4)5/h2-6,8H,1H3;1H3. The van der Waals surface area contributed by atoms with Crippen molar-refractivity contribution in [2.45, 2.75) is 13.1 Å². The van der Waals surface area contributed by atoms with Gasteiger partial charge in [-0.1, -0.05) is 18.2 Å². The molecule has 0 bridgehead atoms. The lowest BCUT2D eigenvalue weighted by molar-refractivity contribution is -0.110. The molecule has 0 aromatic heterocycles. The molecule has 74 valence electrons. The Hall–Kier alpha value is -1.19. The van der Waals surface area contributed by atoms with Gasteiger partial charge in [0.15, 0.2) is 0 Å². The van der Waals surface area contributed by atoms with E-state index in [1.54, 1.807) is 0 Å². The number of alkyl halides is 3. The molecule has 0 amide bonds. The van der Waals surface area contributed by atoms with Gasteiger partial charge in [-0.05, 0) is 12.1 Å². The van der Waals surface area contributed by atoms with E-state index < -0.39 is 6.18 Å². The van der Waals surface area contributed by atoms with Crippen LogP contribution in [-0.4, -0.2) is 13.2 Å². The van der Waals surface area contributed by atoms with Crippen LogP contribution in [-0.2, 0) is 0 Å². The number of para-hydroxylation sites is 1. The first-order chi connectivity index (χ1) is 5.93. The van der Waals surface area contributed by atoms with E-state index in [1.807, 2.05) is 37.4 Å². The van der Waals surface area contributed by atoms with Crippen molar-refractivity contribution in [2.24, 2.45) is 0 Å². The monoisotopic (exact) mass is 191 g/mol. The van der Waals surface area contributed by atoms with E-state index in [0.29, 0.717) is 0 Å². The Labute approximate surface area is 75.6 Å². The molecule has 0 saturated carbocycles. The minimum absolute atomic E-state index is 0.188. The average molecular weight is 191 g/mol. The van der Waals surface area contributed by atoms with E-state index in [2.05, 4.69) is 5.32 Å². The van der Waals surface area contributed by atoms with Gasteiger partial charge in [-0.2, -0.15) is 13.2 Å². The maximum absolute atomic E-state index is 10.4. The molecule has 1 N–H and O–H groups in total. The number of nitrogens with one attached hydrogen (secondary N) is 1. The molecule has 4 heteroatoms. The molecule has 1 aromatic rings. The van der Waals surface area contributed by atoms with Gasteiger partial charge >= 0.3 is 6.18 Å². The van der Waals surface area contributed by atoms with Gasteiger partial charge in [0, 0.05) is 19.7 Å². The van der Waals surface area contributed by atoms with E-state index >= 15 is 0 Å². The molecule has 1 nitrogen and oxygen atoms in total. The van der Waals surface area contributed by atoms with Crippen molar-refractivity contribution in [3.8, 4) is 0 Å². The minimum atomic E-state index is -4.00. The molecule has 0 saturated heterocycles. The van der Waals surface area contributed by atoms with Crippen molar-refractivity contribution in [3.63, 3.8) is 0 Å². The van der Waals surface area contributed by atoms with Gasteiger partial charge in [-0.25, -0.2) is 0 Å². The quantitative estimate of drug-likeness (QED) is 0.718. The lowest BCUT2D eigenvalue weighted by atomic mass is 10.3. The molecule has 13 heavy (non-hydrogen) atoms. The minimum Gasteiger partial charge on any atom is -0.388 e. The van der Waals surface area contributed by atoms with E-state index in [1.165, 1.54) is 0 Å².